The van der Waals surface area contributed by atoms with Crippen molar-refractivity contribution >= 4 is 27.8 Å². The predicted molar refractivity (Wildman–Crippen MR) is 104 cm³/mol. The number of azo groups is 1. The predicted octanol–water partition coefficient (Wildman–Crippen LogP) is 6.50. The zero-order chi connectivity index (χ0) is 17.1. The lowest BCUT2D eigenvalue weighted by molar-refractivity contribution is 1.24. The number of anilines is 1. The third kappa shape index (κ3) is 3.12. The molecule has 25 heavy (non-hydrogen) atoms. The van der Waals surface area contributed by atoms with Gasteiger partial charge < -0.3 is 5.73 Å². The van der Waals surface area contributed by atoms with E-state index in [9.17, 15) is 0 Å². The fourth-order valence-corrected chi connectivity index (χ4v) is 2.86. The summed E-state index contributed by atoms with van der Waals surface area (Å²) < 4.78 is 0. The van der Waals surface area contributed by atoms with Gasteiger partial charge >= 0.3 is 0 Å². The second-order valence-corrected chi connectivity index (χ2v) is 5.83. The van der Waals surface area contributed by atoms with Crippen LogP contribution in [-0.4, -0.2) is 0 Å². The maximum atomic E-state index is 6.03. The molecule has 4 aromatic rings. The van der Waals surface area contributed by atoms with Crippen LogP contribution in [0.15, 0.2) is 101 Å². The Hall–Kier alpha value is -3.46. The standard InChI is InChI=1S/C22H17N3/c23-21-14-15-22(20-9-5-4-8-19(20)21)25-24-18-12-10-17(11-13-18)16-6-2-1-3-7-16/h1-15H,23H2/b25-24+. The highest BCUT2D eigenvalue weighted by molar-refractivity contribution is 5.99. The Bertz CT molecular complexity index is 1040. The van der Waals surface area contributed by atoms with Crippen molar-refractivity contribution in [2.45, 2.75) is 0 Å². The van der Waals surface area contributed by atoms with Crippen molar-refractivity contribution in [2.75, 3.05) is 5.73 Å². The van der Waals surface area contributed by atoms with Gasteiger partial charge in [0, 0.05) is 16.5 Å². The second-order valence-electron chi connectivity index (χ2n) is 5.83. The molecule has 0 aliphatic carbocycles. The number of rotatable bonds is 3. The summed E-state index contributed by atoms with van der Waals surface area (Å²) in [6.07, 6.45) is 0. The van der Waals surface area contributed by atoms with Crippen molar-refractivity contribution in [3.05, 3.63) is 91.0 Å². The summed E-state index contributed by atoms with van der Waals surface area (Å²) >= 11 is 0. The largest absolute Gasteiger partial charge is 0.398 e. The first-order chi connectivity index (χ1) is 12.3. The van der Waals surface area contributed by atoms with E-state index in [1.165, 1.54) is 5.56 Å². The first kappa shape index (κ1) is 15.1. The number of benzene rings is 4. The molecule has 0 aliphatic heterocycles. The number of hydrogen-bond donors (Lipinski definition) is 1. The molecule has 0 radical (unpaired) electrons. The van der Waals surface area contributed by atoms with Crippen molar-refractivity contribution in [1.82, 2.24) is 0 Å². The number of nitrogen functional groups attached to an aromatic ring is 1. The van der Waals surface area contributed by atoms with Gasteiger partial charge in [-0.1, -0.05) is 66.7 Å². The van der Waals surface area contributed by atoms with Crippen LogP contribution in [0.3, 0.4) is 0 Å². The summed E-state index contributed by atoms with van der Waals surface area (Å²) in [6, 6.07) is 30.1. The molecule has 0 fully saturated rings. The molecule has 0 saturated carbocycles. The average Bonchev–Trinajstić information content (AvgIpc) is 2.69. The molecule has 0 spiro atoms. The molecule has 4 rings (SSSR count). The summed E-state index contributed by atoms with van der Waals surface area (Å²) in [7, 11) is 0. The molecular formula is C22H17N3. The summed E-state index contributed by atoms with van der Waals surface area (Å²) in [5, 5.41) is 10.8. The van der Waals surface area contributed by atoms with E-state index >= 15 is 0 Å². The minimum Gasteiger partial charge on any atom is -0.398 e. The highest BCUT2D eigenvalue weighted by Crippen LogP contribution is 2.31. The highest BCUT2D eigenvalue weighted by atomic mass is 15.1. The Morgan fingerprint density at radius 1 is 0.520 bits per heavy atom. The smallest absolute Gasteiger partial charge is 0.0936 e. The monoisotopic (exact) mass is 323 g/mol. The molecule has 0 aromatic heterocycles. The topological polar surface area (TPSA) is 50.7 Å². The van der Waals surface area contributed by atoms with Crippen LogP contribution in [0.5, 0.6) is 0 Å². The van der Waals surface area contributed by atoms with Crippen LogP contribution in [0.1, 0.15) is 0 Å². The minimum absolute atomic E-state index is 0.752. The van der Waals surface area contributed by atoms with Gasteiger partial charge in [-0.05, 0) is 35.4 Å². The van der Waals surface area contributed by atoms with Gasteiger partial charge in [0.15, 0.2) is 0 Å². The van der Waals surface area contributed by atoms with E-state index in [2.05, 4.69) is 34.5 Å². The van der Waals surface area contributed by atoms with Crippen LogP contribution in [0.25, 0.3) is 21.9 Å². The van der Waals surface area contributed by atoms with Crippen molar-refractivity contribution in [3.8, 4) is 11.1 Å². The van der Waals surface area contributed by atoms with Crippen LogP contribution in [0.2, 0.25) is 0 Å². The maximum absolute atomic E-state index is 6.03. The quantitative estimate of drug-likeness (QED) is 0.339. The van der Waals surface area contributed by atoms with Gasteiger partial charge in [0.05, 0.1) is 11.4 Å². The SMILES string of the molecule is Nc1ccc(/N=N/c2ccc(-c3ccccc3)cc2)c2ccccc12. The molecule has 3 nitrogen and oxygen atoms in total. The minimum atomic E-state index is 0.752. The van der Waals surface area contributed by atoms with Gasteiger partial charge in [0.25, 0.3) is 0 Å². The van der Waals surface area contributed by atoms with E-state index in [0.717, 1.165) is 33.4 Å². The van der Waals surface area contributed by atoms with E-state index in [0.29, 0.717) is 0 Å². The van der Waals surface area contributed by atoms with Crippen molar-refractivity contribution in [2.24, 2.45) is 10.2 Å². The Morgan fingerprint density at radius 2 is 1.16 bits per heavy atom. The summed E-state index contributed by atoms with van der Waals surface area (Å²) in [6.45, 7) is 0. The Balaban J connectivity index is 1.64. The lowest BCUT2D eigenvalue weighted by Crippen LogP contribution is -1.86. The van der Waals surface area contributed by atoms with E-state index < -0.39 is 0 Å². The number of hydrogen-bond acceptors (Lipinski definition) is 3. The van der Waals surface area contributed by atoms with Crippen LogP contribution in [0.4, 0.5) is 17.1 Å². The van der Waals surface area contributed by atoms with Crippen LogP contribution in [0, 0.1) is 0 Å². The molecule has 0 aliphatic rings. The Labute approximate surface area is 146 Å². The lowest BCUT2D eigenvalue weighted by Gasteiger charge is -2.04. The number of nitrogens with two attached hydrogens (primary N) is 1. The van der Waals surface area contributed by atoms with Gasteiger partial charge in [0.1, 0.15) is 0 Å². The van der Waals surface area contributed by atoms with Gasteiger partial charge in [-0.2, -0.15) is 5.11 Å². The maximum Gasteiger partial charge on any atom is 0.0936 e. The first-order valence-corrected chi connectivity index (χ1v) is 8.16. The normalized spacial score (nSPS) is 11.2. The number of fused-ring (bicyclic) bond motifs is 1. The molecule has 3 heteroatoms. The van der Waals surface area contributed by atoms with Gasteiger partial charge in [-0.3, -0.25) is 0 Å². The summed E-state index contributed by atoms with van der Waals surface area (Å²) in [5.74, 6) is 0. The number of nitrogens with zero attached hydrogens (tertiary/aromatic N) is 2. The molecule has 120 valence electrons. The molecule has 0 bridgehead atoms. The zero-order valence-corrected chi connectivity index (χ0v) is 13.6. The summed E-state index contributed by atoms with van der Waals surface area (Å²) in [5.41, 5.74) is 10.8. The van der Waals surface area contributed by atoms with Gasteiger partial charge in [0.2, 0.25) is 0 Å². The van der Waals surface area contributed by atoms with Gasteiger partial charge in [-0.15, -0.1) is 5.11 Å². The van der Waals surface area contributed by atoms with Gasteiger partial charge in [-0.25, -0.2) is 0 Å². The molecule has 0 atom stereocenters. The molecule has 0 saturated heterocycles. The van der Waals surface area contributed by atoms with E-state index in [1.807, 2.05) is 66.7 Å². The Kier molecular flexibility index (Phi) is 3.97. The van der Waals surface area contributed by atoms with Crippen LogP contribution >= 0.6 is 0 Å². The molecular weight excluding hydrogens is 306 g/mol. The zero-order valence-electron chi connectivity index (χ0n) is 13.6. The van der Waals surface area contributed by atoms with Crippen LogP contribution in [-0.2, 0) is 0 Å². The fourth-order valence-electron chi connectivity index (χ4n) is 2.86. The van der Waals surface area contributed by atoms with Crippen molar-refractivity contribution < 1.29 is 0 Å². The van der Waals surface area contributed by atoms with E-state index in [-0.39, 0.29) is 0 Å². The molecule has 0 amide bonds. The highest BCUT2D eigenvalue weighted by Gasteiger charge is 2.03. The Morgan fingerprint density at radius 3 is 1.92 bits per heavy atom. The second kappa shape index (κ2) is 6.57. The van der Waals surface area contributed by atoms with Crippen molar-refractivity contribution in [3.63, 3.8) is 0 Å². The lowest BCUT2D eigenvalue weighted by atomic mass is 10.1. The van der Waals surface area contributed by atoms with Crippen molar-refractivity contribution in [1.29, 1.82) is 0 Å². The third-order valence-corrected chi connectivity index (χ3v) is 4.18. The van der Waals surface area contributed by atoms with E-state index in [1.54, 1.807) is 0 Å². The van der Waals surface area contributed by atoms with Crippen LogP contribution < -0.4 is 5.73 Å². The first-order valence-electron chi connectivity index (χ1n) is 8.16. The third-order valence-electron chi connectivity index (χ3n) is 4.18. The van der Waals surface area contributed by atoms with E-state index in [4.69, 9.17) is 5.73 Å². The molecule has 0 unspecified atom stereocenters. The molecule has 0 heterocycles. The molecule has 4 aromatic carbocycles. The summed E-state index contributed by atoms with van der Waals surface area (Å²) in [4.78, 5) is 0. The fraction of sp³-hybridized carbons (Fsp3) is 0. The average molecular weight is 323 g/mol. The molecule has 2 N–H and O–H groups in total.